The first kappa shape index (κ1) is 15.4. The van der Waals surface area contributed by atoms with Crippen molar-refractivity contribution in [1.29, 1.82) is 0 Å². The van der Waals surface area contributed by atoms with E-state index in [-0.39, 0.29) is 23.8 Å². The van der Waals surface area contributed by atoms with E-state index in [1.807, 2.05) is 6.92 Å². The molecule has 4 nitrogen and oxygen atoms in total. The summed E-state index contributed by atoms with van der Waals surface area (Å²) in [6, 6.07) is 12.0. The number of hydrogen-bond donors (Lipinski definition) is 0. The van der Waals surface area contributed by atoms with E-state index in [1.54, 1.807) is 42.5 Å². The zero-order valence-electron chi connectivity index (χ0n) is 11.9. The molecule has 0 N–H and O–H groups in total. The van der Waals surface area contributed by atoms with Gasteiger partial charge in [0, 0.05) is 16.6 Å². The van der Waals surface area contributed by atoms with E-state index in [0.717, 1.165) is 11.1 Å². The van der Waals surface area contributed by atoms with Crippen LogP contribution in [0.5, 0.6) is 0 Å². The highest BCUT2D eigenvalue weighted by Gasteiger charge is 2.33. The molecule has 1 aliphatic heterocycles. The summed E-state index contributed by atoms with van der Waals surface area (Å²) in [5.74, 6) is -0.190. The maximum absolute atomic E-state index is 12.7. The van der Waals surface area contributed by atoms with E-state index in [4.69, 9.17) is 0 Å². The fourth-order valence-electron chi connectivity index (χ4n) is 2.53. The number of carbonyl (C=O) groups is 1. The fourth-order valence-corrected chi connectivity index (χ4v) is 4.53. The van der Waals surface area contributed by atoms with Crippen LogP contribution in [0, 0.1) is 6.92 Å². The van der Waals surface area contributed by atoms with E-state index in [0.29, 0.717) is 10.0 Å². The molecule has 1 heterocycles. The van der Waals surface area contributed by atoms with Crippen LogP contribution in [-0.4, -0.2) is 25.1 Å². The molecule has 22 heavy (non-hydrogen) atoms. The molecule has 2 aromatic carbocycles. The number of rotatable bonds is 2. The van der Waals surface area contributed by atoms with Gasteiger partial charge < -0.3 is 0 Å². The highest BCUT2D eigenvalue weighted by Crippen LogP contribution is 2.29. The molecule has 0 radical (unpaired) electrons. The van der Waals surface area contributed by atoms with Gasteiger partial charge in [-0.05, 0) is 30.7 Å². The summed E-state index contributed by atoms with van der Waals surface area (Å²) in [6.45, 7) is 1.97. The first-order chi connectivity index (χ1) is 10.4. The lowest BCUT2D eigenvalue weighted by molar-refractivity contribution is 0.0949. The smallest absolute Gasteiger partial charge is 0.243 e. The number of ketones is 1. The number of halogens is 1. The second kappa shape index (κ2) is 5.61. The topological polar surface area (TPSA) is 54.5 Å². The highest BCUT2D eigenvalue weighted by atomic mass is 79.9. The lowest BCUT2D eigenvalue weighted by atomic mass is 10.0. The van der Waals surface area contributed by atoms with Crippen molar-refractivity contribution in [3.05, 3.63) is 63.6 Å². The Morgan fingerprint density at radius 1 is 1.05 bits per heavy atom. The van der Waals surface area contributed by atoms with Crippen molar-refractivity contribution in [3.63, 3.8) is 0 Å². The Balaban J connectivity index is 2.00. The normalized spacial score (nSPS) is 15.6. The van der Waals surface area contributed by atoms with Crippen molar-refractivity contribution in [3.8, 4) is 0 Å². The Morgan fingerprint density at radius 3 is 2.41 bits per heavy atom. The zero-order valence-corrected chi connectivity index (χ0v) is 14.3. The van der Waals surface area contributed by atoms with Crippen LogP contribution in [0.1, 0.15) is 21.5 Å². The summed E-state index contributed by atoms with van der Waals surface area (Å²) in [6.07, 6.45) is 0. The van der Waals surface area contributed by atoms with Crippen molar-refractivity contribution in [2.75, 3.05) is 6.54 Å². The van der Waals surface area contributed by atoms with Crippen LogP contribution in [0.25, 0.3) is 0 Å². The van der Waals surface area contributed by atoms with Crippen LogP contribution in [-0.2, 0) is 16.6 Å². The number of sulfonamides is 1. The van der Waals surface area contributed by atoms with Crippen LogP contribution >= 0.6 is 15.9 Å². The van der Waals surface area contributed by atoms with E-state index < -0.39 is 10.0 Å². The molecular weight excluding hydrogens is 366 g/mol. The molecule has 0 aromatic heterocycles. The molecule has 114 valence electrons. The first-order valence-electron chi connectivity index (χ1n) is 6.77. The molecule has 0 amide bonds. The third-order valence-corrected chi connectivity index (χ3v) is 6.17. The largest absolute Gasteiger partial charge is 0.293 e. The molecule has 0 saturated carbocycles. The summed E-state index contributed by atoms with van der Waals surface area (Å²) in [5, 5.41) is 0. The average molecular weight is 380 g/mol. The molecule has 0 aliphatic carbocycles. The van der Waals surface area contributed by atoms with E-state index in [2.05, 4.69) is 15.9 Å². The Kier molecular flexibility index (Phi) is 3.92. The van der Waals surface area contributed by atoms with Crippen LogP contribution in [0.4, 0.5) is 0 Å². The van der Waals surface area contributed by atoms with Crippen molar-refractivity contribution >= 4 is 31.7 Å². The lowest BCUT2D eigenvalue weighted by Gasteiger charge is -2.27. The number of Topliss-reactive ketones (excluding diaryl/α,β-unsaturated/α-hetero) is 1. The minimum Gasteiger partial charge on any atom is -0.293 e. The Morgan fingerprint density at radius 2 is 1.73 bits per heavy atom. The number of aryl methyl sites for hydroxylation is 1. The lowest BCUT2D eigenvalue weighted by Crippen LogP contribution is -2.39. The maximum Gasteiger partial charge on any atom is 0.243 e. The number of benzene rings is 2. The number of fused-ring (bicyclic) bond motifs is 1. The standard InChI is InChI=1S/C16H14BrNO3S/c1-11-5-7-13(8-6-11)22(20,21)18-9-12-3-2-4-14(17)16(12)15(19)10-18/h2-8H,9-10H2,1H3. The van der Waals surface area contributed by atoms with Gasteiger partial charge in [0.2, 0.25) is 10.0 Å². The molecule has 0 fully saturated rings. The summed E-state index contributed by atoms with van der Waals surface area (Å²) in [5.41, 5.74) is 2.29. The van der Waals surface area contributed by atoms with Crippen molar-refractivity contribution < 1.29 is 13.2 Å². The van der Waals surface area contributed by atoms with Gasteiger partial charge in [0.1, 0.15) is 0 Å². The maximum atomic E-state index is 12.7. The number of carbonyl (C=O) groups excluding carboxylic acids is 1. The molecule has 0 saturated heterocycles. The van der Waals surface area contributed by atoms with Crippen molar-refractivity contribution in [2.45, 2.75) is 18.4 Å². The summed E-state index contributed by atoms with van der Waals surface area (Å²) >= 11 is 3.36. The van der Waals surface area contributed by atoms with Gasteiger partial charge >= 0.3 is 0 Å². The van der Waals surface area contributed by atoms with Gasteiger partial charge in [0.05, 0.1) is 11.4 Å². The molecule has 3 rings (SSSR count). The van der Waals surface area contributed by atoms with Crippen LogP contribution < -0.4 is 0 Å². The minimum atomic E-state index is -3.67. The van der Waals surface area contributed by atoms with Gasteiger partial charge in [0.15, 0.2) is 5.78 Å². The molecular formula is C16H14BrNO3S. The number of nitrogens with zero attached hydrogens (tertiary/aromatic N) is 1. The zero-order chi connectivity index (χ0) is 15.9. The fraction of sp³-hybridized carbons (Fsp3) is 0.188. The quantitative estimate of drug-likeness (QED) is 0.805. The third kappa shape index (κ3) is 2.62. The molecule has 0 bridgehead atoms. The van der Waals surface area contributed by atoms with Crippen LogP contribution in [0.15, 0.2) is 51.8 Å². The predicted molar refractivity (Wildman–Crippen MR) is 87.2 cm³/mol. The summed E-state index contributed by atoms with van der Waals surface area (Å²) in [4.78, 5) is 12.5. The second-order valence-electron chi connectivity index (χ2n) is 5.28. The molecule has 1 aliphatic rings. The van der Waals surface area contributed by atoms with Gasteiger partial charge in [-0.2, -0.15) is 4.31 Å². The van der Waals surface area contributed by atoms with Gasteiger partial charge in [-0.1, -0.05) is 45.8 Å². The molecule has 0 unspecified atom stereocenters. The SMILES string of the molecule is Cc1ccc(S(=O)(=O)N2CC(=O)c3c(Br)cccc3C2)cc1. The highest BCUT2D eigenvalue weighted by molar-refractivity contribution is 9.10. The van der Waals surface area contributed by atoms with Gasteiger partial charge in [-0.3, -0.25) is 4.79 Å². The molecule has 2 aromatic rings. The predicted octanol–water partition coefficient (Wildman–Crippen LogP) is 3.14. The van der Waals surface area contributed by atoms with Crippen LogP contribution in [0.3, 0.4) is 0 Å². The monoisotopic (exact) mass is 379 g/mol. The minimum absolute atomic E-state index is 0.133. The number of hydrogen-bond acceptors (Lipinski definition) is 3. The Hall–Kier alpha value is -1.50. The summed E-state index contributed by atoms with van der Waals surface area (Å²) in [7, 11) is -3.67. The second-order valence-corrected chi connectivity index (χ2v) is 8.08. The average Bonchev–Trinajstić information content (AvgIpc) is 2.47. The van der Waals surface area contributed by atoms with E-state index in [1.165, 1.54) is 4.31 Å². The molecule has 0 atom stereocenters. The molecule has 6 heteroatoms. The first-order valence-corrected chi connectivity index (χ1v) is 9.00. The van der Waals surface area contributed by atoms with Crippen LogP contribution in [0.2, 0.25) is 0 Å². The molecule has 0 spiro atoms. The van der Waals surface area contributed by atoms with Gasteiger partial charge in [-0.15, -0.1) is 0 Å². The van der Waals surface area contributed by atoms with Crippen molar-refractivity contribution in [2.24, 2.45) is 0 Å². The van der Waals surface area contributed by atoms with Gasteiger partial charge in [0.25, 0.3) is 0 Å². The van der Waals surface area contributed by atoms with E-state index in [9.17, 15) is 13.2 Å². The van der Waals surface area contributed by atoms with Gasteiger partial charge in [-0.25, -0.2) is 8.42 Å². The van der Waals surface area contributed by atoms with Crippen molar-refractivity contribution in [1.82, 2.24) is 4.31 Å². The third-order valence-electron chi connectivity index (χ3n) is 3.70. The summed E-state index contributed by atoms with van der Waals surface area (Å²) < 4.78 is 27.3. The van der Waals surface area contributed by atoms with E-state index >= 15 is 0 Å². The Labute approximate surface area is 137 Å². The Bertz CT molecular complexity index is 844.